The fourth-order valence-electron chi connectivity index (χ4n) is 1.96. The van der Waals surface area contributed by atoms with Gasteiger partial charge in [-0.3, -0.25) is 0 Å². The zero-order valence-electron chi connectivity index (χ0n) is 7.31. The molecule has 0 unspecified atom stereocenters. The lowest BCUT2D eigenvalue weighted by Gasteiger charge is -2.27. The predicted octanol–water partition coefficient (Wildman–Crippen LogP) is 2.41. The normalized spacial score (nSPS) is 31.0. The second kappa shape index (κ2) is 4.75. The summed E-state index contributed by atoms with van der Waals surface area (Å²) in [5, 5.41) is 0. The van der Waals surface area contributed by atoms with E-state index in [-0.39, 0.29) is 5.92 Å². The van der Waals surface area contributed by atoms with E-state index in [0.29, 0.717) is 25.3 Å². The highest BCUT2D eigenvalue weighted by Crippen LogP contribution is 2.33. The van der Waals surface area contributed by atoms with Crippen LogP contribution >= 0.6 is 0 Å². The van der Waals surface area contributed by atoms with Crippen LogP contribution in [0, 0.1) is 11.8 Å². The van der Waals surface area contributed by atoms with Crippen molar-refractivity contribution < 1.29 is 8.78 Å². The quantitative estimate of drug-likeness (QED) is 0.703. The summed E-state index contributed by atoms with van der Waals surface area (Å²) >= 11 is 0. The Morgan fingerprint density at radius 3 is 2.17 bits per heavy atom. The van der Waals surface area contributed by atoms with Crippen molar-refractivity contribution >= 4 is 0 Å². The Bertz CT molecular complexity index is 120. The van der Waals surface area contributed by atoms with Crippen molar-refractivity contribution in [2.24, 2.45) is 17.6 Å². The summed E-state index contributed by atoms with van der Waals surface area (Å²) in [6, 6.07) is 0. The second-order valence-corrected chi connectivity index (χ2v) is 3.69. The average Bonchev–Trinajstić information content (AvgIpc) is 2.06. The maximum Gasteiger partial charge on any atom is 0.241 e. The van der Waals surface area contributed by atoms with Crippen LogP contribution in [0.2, 0.25) is 0 Å². The van der Waals surface area contributed by atoms with Crippen molar-refractivity contribution in [3.05, 3.63) is 0 Å². The summed E-state index contributed by atoms with van der Waals surface area (Å²) in [6.45, 7) is 0.698. The van der Waals surface area contributed by atoms with Gasteiger partial charge in [-0.15, -0.1) is 0 Å². The van der Waals surface area contributed by atoms with Gasteiger partial charge in [-0.1, -0.05) is 0 Å². The van der Waals surface area contributed by atoms with Gasteiger partial charge in [0.1, 0.15) is 0 Å². The minimum absolute atomic E-state index is 0.334. The molecule has 2 N–H and O–H groups in total. The van der Waals surface area contributed by atoms with Gasteiger partial charge >= 0.3 is 0 Å². The molecule has 1 aliphatic rings. The molecule has 0 bridgehead atoms. The molecule has 1 saturated carbocycles. The highest BCUT2D eigenvalue weighted by molar-refractivity contribution is 4.73. The minimum Gasteiger partial charge on any atom is -0.330 e. The van der Waals surface area contributed by atoms with Gasteiger partial charge in [-0.05, 0) is 44.6 Å². The predicted molar refractivity (Wildman–Crippen MR) is 45.1 cm³/mol. The molecule has 0 aliphatic heterocycles. The maximum atomic E-state index is 12.2. The molecule has 1 aliphatic carbocycles. The third-order valence-electron chi connectivity index (χ3n) is 2.82. The molecular weight excluding hydrogens is 160 g/mol. The van der Waals surface area contributed by atoms with E-state index in [1.807, 2.05) is 0 Å². The van der Waals surface area contributed by atoms with Gasteiger partial charge in [0.25, 0.3) is 0 Å². The molecule has 0 aromatic carbocycles. The number of hydrogen-bond acceptors (Lipinski definition) is 1. The van der Waals surface area contributed by atoms with E-state index in [2.05, 4.69) is 0 Å². The van der Waals surface area contributed by atoms with Crippen molar-refractivity contribution in [3.63, 3.8) is 0 Å². The van der Waals surface area contributed by atoms with Crippen LogP contribution < -0.4 is 5.73 Å². The second-order valence-electron chi connectivity index (χ2n) is 3.69. The number of hydrogen-bond donors (Lipinski definition) is 1. The molecule has 1 rings (SSSR count). The maximum absolute atomic E-state index is 12.2. The van der Waals surface area contributed by atoms with Crippen LogP contribution in [0.25, 0.3) is 0 Å². The molecule has 0 spiro atoms. The first kappa shape index (κ1) is 9.90. The monoisotopic (exact) mass is 177 g/mol. The van der Waals surface area contributed by atoms with Gasteiger partial charge in [0.05, 0.1) is 0 Å². The van der Waals surface area contributed by atoms with E-state index < -0.39 is 6.43 Å². The average molecular weight is 177 g/mol. The van der Waals surface area contributed by atoms with Crippen molar-refractivity contribution in [1.82, 2.24) is 0 Å². The molecule has 0 aromatic heterocycles. The zero-order chi connectivity index (χ0) is 8.97. The summed E-state index contributed by atoms with van der Waals surface area (Å²) in [4.78, 5) is 0. The number of halogens is 2. The standard InChI is InChI=1S/C9H17F2N/c10-9(11)8-3-1-7(2-4-8)5-6-12/h7-9H,1-6,12H2. The molecule has 0 aromatic rings. The van der Waals surface area contributed by atoms with E-state index in [9.17, 15) is 8.78 Å². The van der Waals surface area contributed by atoms with Crippen LogP contribution in [-0.2, 0) is 0 Å². The minimum atomic E-state index is -2.11. The molecule has 0 heterocycles. The molecule has 1 fully saturated rings. The fraction of sp³-hybridized carbons (Fsp3) is 1.00. The molecule has 3 heteroatoms. The first-order valence-corrected chi connectivity index (χ1v) is 4.72. The Hall–Kier alpha value is -0.180. The summed E-state index contributed by atoms with van der Waals surface area (Å²) in [5.74, 6) is 0.282. The first-order chi connectivity index (χ1) is 5.74. The Morgan fingerprint density at radius 1 is 1.17 bits per heavy atom. The summed E-state index contributed by atoms with van der Waals surface area (Å²) in [6.07, 6.45) is 2.20. The zero-order valence-corrected chi connectivity index (χ0v) is 7.31. The Balaban J connectivity index is 2.20. The molecule has 1 nitrogen and oxygen atoms in total. The van der Waals surface area contributed by atoms with Crippen LogP contribution in [0.1, 0.15) is 32.1 Å². The smallest absolute Gasteiger partial charge is 0.241 e. The van der Waals surface area contributed by atoms with Crippen LogP contribution in [0.3, 0.4) is 0 Å². The Morgan fingerprint density at radius 2 is 1.75 bits per heavy atom. The lowest BCUT2D eigenvalue weighted by molar-refractivity contribution is 0.0460. The summed E-state index contributed by atoms with van der Waals surface area (Å²) in [7, 11) is 0. The lowest BCUT2D eigenvalue weighted by Crippen LogP contribution is -2.21. The highest BCUT2D eigenvalue weighted by Gasteiger charge is 2.26. The number of alkyl halides is 2. The van der Waals surface area contributed by atoms with Crippen LogP contribution in [0.4, 0.5) is 8.78 Å². The van der Waals surface area contributed by atoms with Gasteiger partial charge in [0.2, 0.25) is 6.43 Å². The largest absolute Gasteiger partial charge is 0.330 e. The Kier molecular flexibility index (Phi) is 3.92. The molecule has 0 saturated heterocycles. The van der Waals surface area contributed by atoms with Crippen LogP contribution in [-0.4, -0.2) is 13.0 Å². The van der Waals surface area contributed by atoms with Crippen molar-refractivity contribution in [1.29, 1.82) is 0 Å². The third-order valence-corrected chi connectivity index (χ3v) is 2.82. The van der Waals surface area contributed by atoms with Crippen molar-refractivity contribution in [2.75, 3.05) is 6.54 Å². The molecule has 0 radical (unpaired) electrons. The first-order valence-electron chi connectivity index (χ1n) is 4.72. The number of nitrogens with two attached hydrogens (primary N) is 1. The van der Waals surface area contributed by atoms with Gasteiger partial charge in [-0.25, -0.2) is 8.78 Å². The van der Waals surface area contributed by atoms with Crippen molar-refractivity contribution in [3.8, 4) is 0 Å². The van der Waals surface area contributed by atoms with Crippen LogP contribution in [0.5, 0.6) is 0 Å². The molecule has 72 valence electrons. The molecule has 0 atom stereocenters. The highest BCUT2D eigenvalue weighted by atomic mass is 19.3. The van der Waals surface area contributed by atoms with E-state index in [1.54, 1.807) is 0 Å². The Labute approximate surface area is 72.3 Å². The van der Waals surface area contributed by atoms with Gasteiger partial charge < -0.3 is 5.73 Å². The summed E-state index contributed by atoms with van der Waals surface area (Å²) < 4.78 is 24.4. The van der Waals surface area contributed by atoms with Gasteiger partial charge in [0, 0.05) is 5.92 Å². The van der Waals surface area contributed by atoms with E-state index in [1.165, 1.54) is 0 Å². The molecule has 0 amide bonds. The van der Waals surface area contributed by atoms with Gasteiger partial charge in [0.15, 0.2) is 0 Å². The van der Waals surface area contributed by atoms with Crippen LogP contribution in [0.15, 0.2) is 0 Å². The van der Waals surface area contributed by atoms with E-state index in [0.717, 1.165) is 19.3 Å². The molecular formula is C9H17F2N. The lowest BCUT2D eigenvalue weighted by atomic mass is 9.81. The van der Waals surface area contributed by atoms with Gasteiger partial charge in [-0.2, -0.15) is 0 Å². The van der Waals surface area contributed by atoms with E-state index >= 15 is 0 Å². The SMILES string of the molecule is NCCC1CCC(C(F)F)CC1. The summed E-state index contributed by atoms with van der Waals surface area (Å²) in [5.41, 5.74) is 5.41. The topological polar surface area (TPSA) is 26.0 Å². The molecule has 12 heavy (non-hydrogen) atoms. The fourth-order valence-corrected chi connectivity index (χ4v) is 1.96. The number of rotatable bonds is 3. The third kappa shape index (κ3) is 2.70. The van der Waals surface area contributed by atoms with Crippen molar-refractivity contribution in [2.45, 2.75) is 38.5 Å². The van der Waals surface area contributed by atoms with E-state index in [4.69, 9.17) is 5.73 Å².